The second kappa shape index (κ2) is 8.07. The fraction of sp³-hybridized carbons (Fsp3) is 0.316. The highest BCUT2D eigenvalue weighted by Crippen LogP contribution is 2.39. The maximum atomic E-state index is 13.7. The van der Waals surface area contributed by atoms with Crippen LogP contribution in [0.1, 0.15) is 39.7 Å². The molecule has 140 valence electrons. The van der Waals surface area contributed by atoms with Crippen LogP contribution in [0, 0.1) is 23.1 Å². The third kappa shape index (κ3) is 4.12. The predicted octanol–water partition coefficient (Wildman–Crippen LogP) is 4.33. The van der Waals surface area contributed by atoms with Gasteiger partial charge in [0.15, 0.2) is 6.61 Å². The van der Waals surface area contributed by atoms with E-state index in [1.54, 1.807) is 0 Å². The molecule has 0 fully saturated rings. The van der Waals surface area contributed by atoms with Crippen LogP contribution in [-0.4, -0.2) is 18.5 Å². The number of amides is 1. The molecule has 8 heteroatoms. The molecular formula is C19H16ClFN2O3S. The number of nitriles is 1. The minimum atomic E-state index is -1.02. The lowest BCUT2D eigenvalue weighted by atomic mass is 9.89. The Morgan fingerprint density at radius 3 is 2.96 bits per heavy atom. The maximum Gasteiger partial charge on any atom is 0.343 e. The van der Waals surface area contributed by atoms with Gasteiger partial charge in [-0.05, 0) is 42.9 Å². The summed E-state index contributed by atoms with van der Waals surface area (Å²) in [5.74, 6) is -1.90. The Hall–Kier alpha value is -2.43. The van der Waals surface area contributed by atoms with E-state index in [9.17, 15) is 19.2 Å². The Morgan fingerprint density at radius 2 is 2.26 bits per heavy atom. The fourth-order valence-electron chi connectivity index (χ4n) is 3.02. The molecule has 1 amide bonds. The molecule has 1 aromatic carbocycles. The third-order valence-corrected chi connectivity index (χ3v) is 5.86. The number of esters is 1. The van der Waals surface area contributed by atoms with Gasteiger partial charge in [0.1, 0.15) is 22.5 Å². The van der Waals surface area contributed by atoms with Crippen molar-refractivity contribution < 1.29 is 18.7 Å². The van der Waals surface area contributed by atoms with Gasteiger partial charge >= 0.3 is 5.97 Å². The summed E-state index contributed by atoms with van der Waals surface area (Å²) in [7, 11) is 0. The highest BCUT2D eigenvalue weighted by Gasteiger charge is 2.25. The SMILES string of the molecule is C[C@H]1CCc2c(sc(NC(=O)COC(=O)c3c(F)cccc3Cl)c2C#N)C1. The molecule has 0 radical (unpaired) electrons. The van der Waals surface area contributed by atoms with Gasteiger partial charge in [-0.3, -0.25) is 4.79 Å². The smallest absolute Gasteiger partial charge is 0.343 e. The van der Waals surface area contributed by atoms with Crippen LogP contribution in [0.2, 0.25) is 5.02 Å². The van der Waals surface area contributed by atoms with Crippen LogP contribution in [0.4, 0.5) is 9.39 Å². The number of fused-ring (bicyclic) bond motifs is 1. The Balaban J connectivity index is 1.67. The molecular weight excluding hydrogens is 391 g/mol. The summed E-state index contributed by atoms with van der Waals surface area (Å²) in [4.78, 5) is 25.2. The first kappa shape index (κ1) is 19.3. The lowest BCUT2D eigenvalue weighted by Crippen LogP contribution is -2.21. The van der Waals surface area contributed by atoms with Crippen LogP contribution in [0.5, 0.6) is 0 Å². The molecule has 1 aliphatic carbocycles. The van der Waals surface area contributed by atoms with E-state index in [1.165, 1.54) is 23.5 Å². The van der Waals surface area contributed by atoms with Crippen LogP contribution in [0.15, 0.2) is 18.2 Å². The highest BCUT2D eigenvalue weighted by atomic mass is 35.5. The van der Waals surface area contributed by atoms with Crippen molar-refractivity contribution >= 4 is 39.8 Å². The predicted molar refractivity (Wildman–Crippen MR) is 101 cm³/mol. The Kier molecular flexibility index (Phi) is 5.78. The average Bonchev–Trinajstić information content (AvgIpc) is 2.95. The van der Waals surface area contributed by atoms with E-state index in [0.29, 0.717) is 16.5 Å². The van der Waals surface area contributed by atoms with E-state index < -0.39 is 29.9 Å². The number of nitrogens with one attached hydrogen (secondary N) is 1. The molecule has 1 heterocycles. The van der Waals surface area contributed by atoms with Crippen LogP contribution >= 0.6 is 22.9 Å². The topological polar surface area (TPSA) is 79.2 Å². The zero-order valence-electron chi connectivity index (χ0n) is 14.5. The van der Waals surface area contributed by atoms with E-state index in [1.807, 2.05) is 0 Å². The normalized spacial score (nSPS) is 15.6. The molecule has 5 nitrogen and oxygen atoms in total. The Labute approximate surface area is 164 Å². The number of hydrogen-bond donors (Lipinski definition) is 1. The molecule has 0 aliphatic heterocycles. The van der Waals surface area contributed by atoms with Crippen molar-refractivity contribution in [3.05, 3.63) is 50.6 Å². The number of carbonyl (C=O) groups is 2. The lowest BCUT2D eigenvalue weighted by molar-refractivity contribution is -0.119. The zero-order chi connectivity index (χ0) is 19.6. The van der Waals surface area contributed by atoms with Gasteiger partial charge in [-0.2, -0.15) is 5.26 Å². The van der Waals surface area contributed by atoms with E-state index in [-0.39, 0.29) is 5.02 Å². The van der Waals surface area contributed by atoms with Gasteiger partial charge in [0.25, 0.3) is 5.91 Å². The van der Waals surface area contributed by atoms with Gasteiger partial charge in [-0.25, -0.2) is 9.18 Å². The van der Waals surface area contributed by atoms with Crippen molar-refractivity contribution in [2.45, 2.75) is 26.2 Å². The summed E-state index contributed by atoms with van der Waals surface area (Å²) in [6.07, 6.45) is 2.70. The molecule has 0 bridgehead atoms. The monoisotopic (exact) mass is 406 g/mol. The second-order valence-electron chi connectivity index (χ2n) is 6.39. The minimum absolute atomic E-state index is 0.0905. The van der Waals surface area contributed by atoms with Gasteiger partial charge in [-0.1, -0.05) is 24.6 Å². The van der Waals surface area contributed by atoms with Gasteiger partial charge < -0.3 is 10.1 Å². The molecule has 0 saturated heterocycles. The number of hydrogen-bond acceptors (Lipinski definition) is 5. The number of thiophene rings is 1. The number of benzene rings is 1. The summed E-state index contributed by atoms with van der Waals surface area (Å²) < 4.78 is 18.6. The molecule has 2 aromatic rings. The van der Waals surface area contributed by atoms with Crippen LogP contribution in [0.25, 0.3) is 0 Å². The lowest BCUT2D eigenvalue weighted by Gasteiger charge is -2.17. The molecule has 1 aromatic heterocycles. The third-order valence-electron chi connectivity index (χ3n) is 4.38. The van der Waals surface area contributed by atoms with Crippen molar-refractivity contribution in [3.63, 3.8) is 0 Å². The standard InChI is InChI=1S/C19H16ClFN2O3S/c1-10-5-6-11-12(8-22)18(27-15(11)7-10)23-16(24)9-26-19(25)17-13(20)3-2-4-14(17)21/h2-4,10H,5-7,9H2,1H3,(H,23,24)/t10-/m0/s1. The number of nitrogens with zero attached hydrogens (tertiary/aromatic N) is 1. The quantitative estimate of drug-likeness (QED) is 0.766. The molecule has 0 unspecified atom stereocenters. The summed E-state index contributed by atoms with van der Waals surface area (Å²) in [6.45, 7) is 1.55. The first-order valence-corrected chi connectivity index (χ1v) is 9.55. The molecule has 0 spiro atoms. The van der Waals surface area contributed by atoms with Crippen molar-refractivity contribution in [2.24, 2.45) is 5.92 Å². The second-order valence-corrected chi connectivity index (χ2v) is 7.90. The average molecular weight is 407 g/mol. The highest BCUT2D eigenvalue weighted by molar-refractivity contribution is 7.16. The van der Waals surface area contributed by atoms with E-state index in [2.05, 4.69) is 18.3 Å². The largest absolute Gasteiger partial charge is 0.452 e. The van der Waals surface area contributed by atoms with E-state index in [0.717, 1.165) is 35.8 Å². The van der Waals surface area contributed by atoms with E-state index >= 15 is 0 Å². The first-order chi connectivity index (χ1) is 12.9. The van der Waals surface area contributed by atoms with Crippen molar-refractivity contribution in [1.82, 2.24) is 0 Å². The summed E-state index contributed by atoms with van der Waals surface area (Å²) in [5, 5.41) is 12.4. The Morgan fingerprint density at radius 1 is 1.48 bits per heavy atom. The van der Waals surface area contributed by atoms with Gasteiger partial charge in [0, 0.05) is 4.88 Å². The van der Waals surface area contributed by atoms with Crippen molar-refractivity contribution in [1.29, 1.82) is 5.26 Å². The maximum absolute atomic E-state index is 13.7. The van der Waals surface area contributed by atoms with Crippen LogP contribution < -0.4 is 5.32 Å². The fourth-order valence-corrected chi connectivity index (χ4v) is 4.63. The molecule has 27 heavy (non-hydrogen) atoms. The van der Waals surface area contributed by atoms with Crippen LogP contribution in [-0.2, 0) is 22.4 Å². The number of ether oxygens (including phenoxy) is 1. The van der Waals surface area contributed by atoms with Gasteiger partial charge in [0.05, 0.1) is 10.6 Å². The molecule has 0 saturated carbocycles. The molecule has 1 aliphatic rings. The summed E-state index contributed by atoms with van der Waals surface area (Å²) in [6, 6.07) is 5.96. The van der Waals surface area contributed by atoms with E-state index in [4.69, 9.17) is 16.3 Å². The summed E-state index contributed by atoms with van der Waals surface area (Å²) >= 11 is 7.18. The number of carbonyl (C=O) groups excluding carboxylic acids is 2. The number of rotatable bonds is 4. The van der Waals surface area contributed by atoms with Gasteiger partial charge in [0.2, 0.25) is 0 Å². The van der Waals surface area contributed by atoms with Gasteiger partial charge in [-0.15, -0.1) is 11.3 Å². The van der Waals surface area contributed by atoms with Crippen LogP contribution in [0.3, 0.4) is 0 Å². The molecule has 1 N–H and O–H groups in total. The summed E-state index contributed by atoms with van der Waals surface area (Å²) in [5.41, 5.74) is 1.05. The van der Waals surface area contributed by atoms with Crippen molar-refractivity contribution in [2.75, 3.05) is 11.9 Å². The number of halogens is 2. The number of anilines is 1. The molecule has 3 rings (SSSR count). The zero-order valence-corrected chi connectivity index (χ0v) is 16.0. The first-order valence-electron chi connectivity index (χ1n) is 8.36. The molecule has 1 atom stereocenters. The Bertz CT molecular complexity index is 931. The minimum Gasteiger partial charge on any atom is -0.452 e. The van der Waals surface area contributed by atoms with Crippen molar-refractivity contribution in [3.8, 4) is 6.07 Å².